The quantitative estimate of drug-likeness (QED) is 0.517. The van der Waals surface area contributed by atoms with Crippen molar-refractivity contribution in [3.05, 3.63) is 59.3 Å². The molecule has 2 aromatic carbocycles. The minimum atomic E-state index is 0.0899. The van der Waals surface area contributed by atoms with Gasteiger partial charge in [-0.2, -0.15) is 0 Å². The van der Waals surface area contributed by atoms with E-state index in [-0.39, 0.29) is 12.0 Å². The molecule has 0 bridgehead atoms. The summed E-state index contributed by atoms with van der Waals surface area (Å²) in [7, 11) is 0. The van der Waals surface area contributed by atoms with Gasteiger partial charge in [-0.3, -0.25) is 4.79 Å². The molecule has 1 N–H and O–H groups in total. The fourth-order valence-electron chi connectivity index (χ4n) is 4.03. The zero-order valence-electron chi connectivity index (χ0n) is 16.6. The van der Waals surface area contributed by atoms with Crippen LogP contribution in [0.2, 0.25) is 0 Å². The van der Waals surface area contributed by atoms with Crippen LogP contribution in [0, 0.1) is 13.8 Å². The highest BCUT2D eigenvalue weighted by Crippen LogP contribution is 2.33. The molecule has 5 nitrogen and oxygen atoms in total. The van der Waals surface area contributed by atoms with Gasteiger partial charge in [-0.1, -0.05) is 41.7 Å². The van der Waals surface area contributed by atoms with E-state index < -0.39 is 0 Å². The van der Waals surface area contributed by atoms with E-state index in [2.05, 4.69) is 31.0 Å². The molecule has 0 radical (unpaired) electrons. The van der Waals surface area contributed by atoms with Crippen molar-refractivity contribution in [1.82, 2.24) is 14.9 Å². The Labute approximate surface area is 173 Å². The number of para-hydroxylation sites is 1. The number of hydrogen-bond acceptors (Lipinski definition) is 4. The highest BCUT2D eigenvalue weighted by molar-refractivity contribution is 7.20. The van der Waals surface area contributed by atoms with Gasteiger partial charge < -0.3 is 14.6 Å². The van der Waals surface area contributed by atoms with Gasteiger partial charge in [0.2, 0.25) is 0 Å². The van der Waals surface area contributed by atoms with Crippen LogP contribution in [-0.4, -0.2) is 40.0 Å². The molecule has 148 valence electrons. The standard InChI is InChI=1S/C23H23N3O2S/c1-14-7-8-15(2)21-20(14)25-23(29-21)28-16-9-11-26(12-10-16)22(27)18-13-24-19-6-4-3-5-17(18)19/h3-8,13,16,24H,9-12H2,1-2H3. The number of carbonyl (C=O) groups excluding carboxylic acids is 1. The van der Waals surface area contributed by atoms with Crippen LogP contribution < -0.4 is 4.74 Å². The third kappa shape index (κ3) is 3.27. The summed E-state index contributed by atoms with van der Waals surface area (Å²) in [5, 5.41) is 1.72. The number of H-pyrrole nitrogens is 1. The first-order valence-corrected chi connectivity index (χ1v) is 10.8. The monoisotopic (exact) mass is 405 g/mol. The summed E-state index contributed by atoms with van der Waals surface area (Å²) in [5.41, 5.74) is 5.19. The number of amides is 1. The largest absolute Gasteiger partial charge is 0.467 e. The van der Waals surface area contributed by atoms with Crippen LogP contribution in [-0.2, 0) is 0 Å². The second-order valence-corrected chi connectivity index (χ2v) is 8.68. The lowest BCUT2D eigenvalue weighted by atomic mass is 10.1. The van der Waals surface area contributed by atoms with Gasteiger partial charge >= 0.3 is 0 Å². The molecule has 2 aromatic heterocycles. The Bertz CT molecular complexity index is 1160. The van der Waals surface area contributed by atoms with Crippen LogP contribution in [0.4, 0.5) is 0 Å². The van der Waals surface area contributed by atoms with Crippen molar-refractivity contribution in [2.45, 2.75) is 32.8 Å². The second kappa shape index (κ2) is 7.19. The Morgan fingerprint density at radius 3 is 2.69 bits per heavy atom. The van der Waals surface area contributed by atoms with Crippen molar-refractivity contribution in [3.8, 4) is 5.19 Å². The van der Waals surface area contributed by atoms with E-state index in [1.54, 1.807) is 11.3 Å². The molecular weight excluding hydrogens is 382 g/mol. The lowest BCUT2D eigenvalue weighted by Crippen LogP contribution is -2.41. The zero-order chi connectivity index (χ0) is 20.0. The molecule has 0 saturated carbocycles. The van der Waals surface area contributed by atoms with Crippen molar-refractivity contribution in [2.24, 2.45) is 0 Å². The number of nitrogens with one attached hydrogen (secondary N) is 1. The number of fused-ring (bicyclic) bond motifs is 2. The van der Waals surface area contributed by atoms with Crippen LogP contribution in [0.1, 0.15) is 34.3 Å². The number of aromatic amines is 1. The molecule has 1 fully saturated rings. The van der Waals surface area contributed by atoms with Gasteiger partial charge in [-0.05, 0) is 31.0 Å². The molecule has 1 amide bonds. The fraction of sp³-hybridized carbons (Fsp3) is 0.304. The molecule has 0 unspecified atom stereocenters. The maximum absolute atomic E-state index is 13.0. The van der Waals surface area contributed by atoms with Crippen molar-refractivity contribution >= 4 is 38.4 Å². The molecule has 29 heavy (non-hydrogen) atoms. The number of benzene rings is 2. The van der Waals surface area contributed by atoms with Gasteiger partial charge in [0.15, 0.2) is 0 Å². The molecule has 6 heteroatoms. The maximum Gasteiger partial charge on any atom is 0.274 e. The summed E-state index contributed by atoms with van der Waals surface area (Å²) in [4.78, 5) is 22.8. The van der Waals surface area contributed by atoms with Crippen molar-refractivity contribution in [3.63, 3.8) is 0 Å². The van der Waals surface area contributed by atoms with Crippen LogP contribution >= 0.6 is 11.3 Å². The summed E-state index contributed by atoms with van der Waals surface area (Å²) >= 11 is 1.62. The van der Waals surface area contributed by atoms with Gasteiger partial charge in [0.25, 0.3) is 11.1 Å². The summed E-state index contributed by atoms with van der Waals surface area (Å²) in [6.07, 6.45) is 3.56. The lowest BCUT2D eigenvalue weighted by Gasteiger charge is -2.31. The number of carbonyl (C=O) groups is 1. The molecule has 0 atom stereocenters. The van der Waals surface area contributed by atoms with Gasteiger partial charge in [0.05, 0.1) is 15.8 Å². The third-order valence-electron chi connectivity index (χ3n) is 5.74. The van der Waals surface area contributed by atoms with Crippen LogP contribution in [0.5, 0.6) is 5.19 Å². The number of thiazole rings is 1. The Balaban J connectivity index is 1.26. The smallest absolute Gasteiger partial charge is 0.274 e. The number of rotatable bonds is 3. The van der Waals surface area contributed by atoms with E-state index in [4.69, 9.17) is 9.72 Å². The molecule has 3 heterocycles. The van der Waals surface area contributed by atoms with E-state index in [1.165, 1.54) is 15.8 Å². The van der Waals surface area contributed by atoms with Gasteiger partial charge in [-0.25, -0.2) is 4.98 Å². The predicted octanol–water partition coefficient (Wildman–Crippen LogP) is 5.08. The number of ether oxygens (including phenoxy) is 1. The van der Waals surface area contributed by atoms with Gasteiger partial charge in [0, 0.05) is 43.0 Å². The molecule has 1 saturated heterocycles. The summed E-state index contributed by atoms with van der Waals surface area (Å²) in [6, 6.07) is 12.2. The first-order chi connectivity index (χ1) is 14.1. The zero-order valence-corrected chi connectivity index (χ0v) is 17.4. The van der Waals surface area contributed by atoms with Gasteiger partial charge in [-0.15, -0.1) is 0 Å². The van der Waals surface area contributed by atoms with Gasteiger partial charge in [0.1, 0.15) is 6.10 Å². The Morgan fingerprint density at radius 2 is 1.90 bits per heavy atom. The summed E-state index contributed by atoms with van der Waals surface area (Å²) in [6.45, 7) is 5.59. The Kier molecular flexibility index (Phi) is 4.51. The normalized spacial score (nSPS) is 15.3. The fourth-order valence-corrected chi connectivity index (χ4v) is 5.06. The minimum Gasteiger partial charge on any atom is -0.467 e. The third-order valence-corrected chi connectivity index (χ3v) is 6.82. The van der Waals surface area contributed by atoms with Crippen molar-refractivity contribution in [1.29, 1.82) is 0 Å². The number of aromatic nitrogens is 2. The van der Waals surface area contributed by atoms with Crippen LogP contribution in [0.3, 0.4) is 0 Å². The Hall–Kier alpha value is -2.86. The van der Waals surface area contributed by atoms with Crippen molar-refractivity contribution in [2.75, 3.05) is 13.1 Å². The first kappa shape index (κ1) is 18.2. The number of nitrogens with zero attached hydrogens (tertiary/aromatic N) is 2. The van der Waals surface area contributed by atoms with E-state index in [9.17, 15) is 4.79 Å². The number of piperidine rings is 1. The molecule has 5 rings (SSSR count). The highest BCUT2D eigenvalue weighted by atomic mass is 32.1. The van der Waals surface area contributed by atoms with E-state index in [1.807, 2.05) is 35.4 Å². The Morgan fingerprint density at radius 1 is 1.14 bits per heavy atom. The topological polar surface area (TPSA) is 58.2 Å². The van der Waals surface area contributed by atoms with E-state index in [0.29, 0.717) is 13.1 Å². The second-order valence-electron chi connectivity index (χ2n) is 7.71. The molecular formula is C23H23N3O2S. The summed E-state index contributed by atoms with van der Waals surface area (Å²) < 4.78 is 7.40. The molecule has 0 spiro atoms. The average Bonchev–Trinajstić information content (AvgIpc) is 3.36. The number of hydrogen-bond donors (Lipinski definition) is 1. The maximum atomic E-state index is 13.0. The molecule has 0 aliphatic carbocycles. The molecule has 1 aliphatic heterocycles. The van der Waals surface area contributed by atoms with Crippen molar-refractivity contribution < 1.29 is 9.53 Å². The molecule has 1 aliphatic rings. The van der Waals surface area contributed by atoms with E-state index >= 15 is 0 Å². The first-order valence-electron chi connectivity index (χ1n) is 9.99. The average molecular weight is 406 g/mol. The lowest BCUT2D eigenvalue weighted by molar-refractivity contribution is 0.0597. The van der Waals surface area contributed by atoms with E-state index in [0.717, 1.165) is 40.0 Å². The molecule has 4 aromatic rings. The number of aryl methyl sites for hydroxylation is 2. The van der Waals surface area contributed by atoms with Crippen LogP contribution in [0.15, 0.2) is 42.6 Å². The van der Waals surface area contributed by atoms with Crippen LogP contribution in [0.25, 0.3) is 21.1 Å². The predicted molar refractivity (Wildman–Crippen MR) is 117 cm³/mol. The minimum absolute atomic E-state index is 0.0899. The highest BCUT2D eigenvalue weighted by Gasteiger charge is 2.27. The number of likely N-dealkylation sites (tertiary alicyclic amines) is 1. The SMILES string of the molecule is Cc1ccc(C)c2sc(OC3CCN(C(=O)c4c[nH]c5ccccc45)CC3)nc12. The summed E-state index contributed by atoms with van der Waals surface area (Å²) in [5.74, 6) is 0.0899.